The van der Waals surface area contributed by atoms with Crippen molar-refractivity contribution in [3.63, 3.8) is 0 Å². The van der Waals surface area contributed by atoms with Gasteiger partial charge in [0.05, 0.1) is 12.5 Å². The van der Waals surface area contributed by atoms with Crippen LogP contribution in [0.4, 0.5) is 8.78 Å². The maximum Gasteiger partial charge on any atom is 0.340 e. The zero-order valence-electron chi connectivity index (χ0n) is 15.4. The molecule has 1 aromatic rings. The van der Waals surface area contributed by atoms with E-state index < -0.39 is 23.5 Å². The van der Waals surface area contributed by atoms with Crippen LogP contribution in [0.15, 0.2) is 41.0 Å². The number of ether oxygens (including phenoxy) is 2. The van der Waals surface area contributed by atoms with Crippen LogP contribution in [0.2, 0.25) is 0 Å². The van der Waals surface area contributed by atoms with E-state index in [4.69, 9.17) is 15.2 Å². The average molecular weight is 377 g/mol. The van der Waals surface area contributed by atoms with Crippen LogP contribution in [-0.4, -0.2) is 18.4 Å². The number of allylic oxidation sites excluding steroid dienone is 2. The minimum Gasteiger partial charge on any atom is -0.462 e. The molecule has 0 radical (unpaired) electrons. The highest BCUT2D eigenvalue weighted by Crippen LogP contribution is 2.48. The van der Waals surface area contributed by atoms with Gasteiger partial charge in [0.25, 0.3) is 0 Å². The van der Waals surface area contributed by atoms with Crippen LogP contribution >= 0.6 is 0 Å². The van der Waals surface area contributed by atoms with Crippen molar-refractivity contribution in [1.82, 2.24) is 0 Å². The molecule has 0 saturated carbocycles. The van der Waals surface area contributed by atoms with E-state index in [1.807, 2.05) is 13.8 Å². The number of hydrogen-bond donors (Lipinski definition) is 1. The number of halogens is 2. The van der Waals surface area contributed by atoms with Gasteiger partial charge in [-0.1, -0.05) is 13.8 Å². The number of benzene rings is 1. The summed E-state index contributed by atoms with van der Waals surface area (Å²) in [4.78, 5) is 25.4. The van der Waals surface area contributed by atoms with Crippen molar-refractivity contribution in [2.75, 3.05) is 6.61 Å². The summed E-state index contributed by atoms with van der Waals surface area (Å²) in [5.74, 6) is -3.70. The molecule has 1 aliphatic heterocycles. The molecule has 144 valence electrons. The van der Waals surface area contributed by atoms with E-state index >= 15 is 0 Å². The average Bonchev–Trinajstić information content (AvgIpc) is 2.54. The molecule has 0 saturated heterocycles. The first-order valence-electron chi connectivity index (χ1n) is 8.70. The molecule has 1 aliphatic carbocycles. The standard InChI is InChI=1S/C20H21F2NO4/c1-4-26-19(25)17-15(11-7-10(21)5-6-12(11)22)16-13(24)8-20(2,3)9-14(16)27-18(17)23/h5-7,15H,4,8-9,23H2,1-3H3. The largest absolute Gasteiger partial charge is 0.462 e. The predicted octanol–water partition coefficient (Wildman–Crippen LogP) is 3.46. The van der Waals surface area contributed by atoms with Gasteiger partial charge in [-0.05, 0) is 30.5 Å². The molecule has 5 nitrogen and oxygen atoms in total. The lowest BCUT2D eigenvalue weighted by Gasteiger charge is -2.38. The van der Waals surface area contributed by atoms with Gasteiger partial charge < -0.3 is 15.2 Å². The number of nitrogens with two attached hydrogens (primary N) is 1. The molecule has 0 bridgehead atoms. The molecule has 1 heterocycles. The Morgan fingerprint density at radius 1 is 1.33 bits per heavy atom. The molecule has 0 aromatic heterocycles. The summed E-state index contributed by atoms with van der Waals surface area (Å²) < 4.78 is 39.1. The molecule has 2 aliphatic rings. The number of Topliss-reactive ketones (excluding diaryl/α,β-unsaturated/α-hetero) is 1. The predicted molar refractivity (Wildman–Crippen MR) is 93.1 cm³/mol. The maximum atomic E-state index is 14.6. The number of hydrogen-bond acceptors (Lipinski definition) is 5. The summed E-state index contributed by atoms with van der Waals surface area (Å²) in [5, 5.41) is 0. The summed E-state index contributed by atoms with van der Waals surface area (Å²) in [6.45, 7) is 5.46. The maximum absolute atomic E-state index is 14.6. The minimum absolute atomic E-state index is 0.0564. The fourth-order valence-corrected chi connectivity index (χ4v) is 3.64. The third kappa shape index (κ3) is 3.46. The Kier molecular flexibility index (Phi) is 4.80. The summed E-state index contributed by atoms with van der Waals surface area (Å²) in [7, 11) is 0. The van der Waals surface area contributed by atoms with E-state index in [2.05, 4.69) is 0 Å². The monoisotopic (exact) mass is 377 g/mol. The molecule has 0 amide bonds. The number of carbonyl (C=O) groups is 2. The van der Waals surface area contributed by atoms with Gasteiger partial charge >= 0.3 is 5.97 Å². The van der Waals surface area contributed by atoms with Crippen LogP contribution in [0, 0.1) is 17.0 Å². The van der Waals surface area contributed by atoms with Gasteiger partial charge in [0.2, 0.25) is 5.88 Å². The second-order valence-electron chi connectivity index (χ2n) is 7.48. The number of rotatable bonds is 3. The highest BCUT2D eigenvalue weighted by molar-refractivity contribution is 6.03. The second-order valence-corrected chi connectivity index (χ2v) is 7.48. The lowest BCUT2D eigenvalue weighted by atomic mass is 9.70. The molecular formula is C20H21F2NO4. The molecule has 1 aromatic carbocycles. The van der Waals surface area contributed by atoms with Gasteiger partial charge in [-0.25, -0.2) is 13.6 Å². The third-order valence-electron chi connectivity index (χ3n) is 4.72. The first kappa shape index (κ1) is 19.1. The second kappa shape index (κ2) is 6.79. The van der Waals surface area contributed by atoms with E-state index in [-0.39, 0.29) is 52.6 Å². The van der Waals surface area contributed by atoms with Crippen LogP contribution in [0.25, 0.3) is 0 Å². The highest BCUT2D eigenvalue weighted by Gasteiger charge is 2.45. The van der Waals surface area contributed by atoms with Crippen molar-refractivity contribution < 1.29 is 27.8 Å². The fourth-order valence-electron chi connectivity index (χ4n) is 3.64. The van der Waals surface area contributed by atoms with Crippen molar-refractivity contribution in [1.29, 1.82) is 0 Å². The van der Waals surface area contributed by atoms with Crippen molar-refractivity contribution >= 4 is 11.8 Å². The van der Waals surface area contributed by atoms with Gasteiger partial charge in [-0.3, -0.25) is 4.79 Å². The Morgan fingerprint density at radius 3 is 2.70 bits per heavy atom. The Bertz CT molecular complexity index is 886. The first-order chi connectivity index (χ1) is 12.6. The molecule has 27 heavy (non-hydrogen) atoms. The lowest BCUT2D eigenvalue weighted by molar-refractivity contribution is -0.139. The zero-order valence-corrected chi connectivity index (χ0v) is 15.4. The van der Waals surface area contributed by atoms with E-state index in [1.54, 1.807) is 6.92 Å². The fraction of sp³-hybridized carbons (Fsp3) is 0.400. The van der Waals surface area contributed by atoms with Crippen molar-refractivity contribution in [2.24, 2.45) is 11.1 Å². The number of esters is 1. The quantitative estimate of drug-likeness (QED) is 0.816. The SMILES string of the molecule is CCOC(=O)C1=C(N)OC2=C(C(=O)CC(C)(C)C2)C1c1cc(F)ccc1F. The Balaban J connectivity index is 2.24. The highest BCUT2D eigenvalue weighted by atomic mass is 19.1. The smallest absolute Gasteiger partial charge is 0.340 e. The van der Waals surface area contributed by atoms with Crippen molar-refractivity contribution in [3.8, 4) is 0 Å². The molecule has 0 fully saturated rings. The van der Waals surface area contributed by atoms with Crippen molar-refractivity contribution in [3.05, 3.63) is 58.2 Å². The summed E-state index contributed by atoms with van der Waals surface area (Å²) in [6, 6.07) is 2.89. The van der Waals surface area contributed by atoms with Crippen molar-refractivity contribution in [2.45, 2.75) is 39.5 Å². The van der Waals surface area contributed by atoms with Crippen LogP contribution in [0.5, 0.6) is 0 Å². The van der Waals surface area contributed by atoms with Gasteiger partial charge in [0.1, 0.15) is 23.0 Å². The topological polar surface area (TPSA) is 78.6 Å². The first-order valence-corrected chi connectivity index (χ1v) is 8.70. The summed E-state index contributed by atoms with van der Waals surface area (Å²) in [5.41, 5.74) is 5.39. The van der Waals surface area contributed by atoms with Crippen LogP contribution in [0.3, 0.4) is 0 Å². The van der Waals surface area contributed by atoms with Gasteiger partial charge in [0.15, 0.2) is 5.78 Å². The van der Waals surface area contributed by atoms with Crippen LogP contribution in [0.1, 0.15) is 45.1 Å². The third-order valence-corrected chi connectivity index (χ3v) is 4.72. The van der Waals surface area contributed by atoms with Gasteiger partial charge in [0, 0.05) is 24.0 Å². The molecule has 7 heteroatoms. The summed E-state index contributed by atoms with van der Waals surface area (Å²) >= 11 is 0. The van der Waals surface area contributed by atoms with E-state index in [1.165, 1.54) is 0 Å². The van der Waals surface area contributed by atoms with Crippen LogP contribution in [-0.2, 0) is 19.1 Å². The molecule has 3 rings (SSSR count). The minimum atomic E-state index is -1.17. The lowest BCUT2D eigenvalue weighted by Crippen LogP contribution is -2.36. The molecule has 2 N–H and O–H groups in total. The van der Waals surface area contributed by atoms with Gasteiger partial charge in [-0.2, -0.15) is 0 Å². The van der Waals surface area contributed by atoms with E-state index in [9.17, 15) is 18.4 Å². The summed E-state index contributed by atoms with van der Waals surface area (Å²) in [6.07, 6.45) is 0.580. The Labute approximate surface area is 155 Å². The Morgan fingerprint density at radius 2 is 2.04 bits per heavy atom. The Hall–Kier alpha value is -2.70. The number of ketones is 1. The van der Waals surface area contributed by atoms with E-state index in [0.717, 1.165) is 18.2 Å². The molecule has 1 atom stereocenters. The zero-order chi connectivity index (χ0) is 19.9. The molecule has 0 spiro atoms. The van der Waals surface area contributed by atoms with Gasteiger partial charge in [-0.15, -0.1) is 0 Å². The van der Waals surface area contributed by atoms with Crippen LogP contribution < -0.4 is 5.73 Å². The number of carbonyl (C=O) groups excluding carboxylic acids is 2. The molecular weight excluding hydrogens is 356 g/mol. The normalized spacial score (nSPS) is 21.7. The van der Waals surface area contributed by atoms with E-state index in [0.29, 0.717) is 6.42 Å². The molecule has 1 unspecified atom stereocenters.